The van der Waals surface area contributed by atoms with E-state index in [2.05, 4.69) is 10.3 Å². The number of benzene rings is 1. The SMILES string of the molecule is Cc1csc(=O)n1CC(=O)Nc1cnc2ccccc2c1. The largest absolute Gasteiger partial charge is 0.323 e. The predicted octanol–water partition coefficient (Wildman–Crippen LogP) is 2.41. The van der Waals surface area contributed by atoms with Crippen molar-refractivity contribution in [1.29, 1.82) is 0 Å². The van der Waals surface area contributed by atoms with Gasteiger partial charge in [-0.05, 0) is 19.1 Å². The Labute approximate surface area is 124 Å². The van der Waals surface area contributed by atoms with Gasteiger partial charge in [-0.2, -0.15) is 0 Å². The van der Waals surface area contributed by atoms with Gasteiger partial charge in [0.1, 0.15) is 6.54 Å². The molecular formula is C15H13N3O2S. The molecule has 0 spiro atoms. The number of fused-ring (bicyclic) bond motifs is 1. The number of thiazole rings is 1. The summed E-state index contributed by atoms with van der Waals surface area (Å²) in [7, 11) is 0. The molecule has 0 aliphatic carbocycles. The molecule has 0 saturated heterocycles. The van der Waals surface area contributed by atoms with Crippen LogP contribution < -0.4 is 10.2 Å². The normalized spacial score (nSPS) is 10.7. The van der Waals surface area contributed by atoms with Crippen LogP contribution in [0.3, 0.4) is 0 Å². The number of para-hydroxylation sites is 1. The molecule has 3 rings (SSSR count). The number of aryl methyl sites for hydroxylation is 1. The number of nitrogens with one attached hydrogen (secondary N) is 1. The fraction of sp³-hybridized carbons (Fsp3) is 0.133. The lowest BCUT2D eigenvalue weighted by Crippen LogP contribution is -2.25. The number of pyridine rings is 1. The lowest BCUT2D eigenvalue weighted by molar-refractivity contribution is -0.116. The topological polar surface area (TPSA) is 64.0 Å². The Bertz CT molecular complexity index is 866. The average molecular weight is 299 g/mol. The Morgan fingerprint density at radius 2 is 2.19 bits per heavy atom. The first-order valence-electron chi connectivity index (χ1n) is 6.43. The zero-order valence-corrected chi connectivity index (χ0v) is 12.2. The van der Waals surface area contributed by atoms with E-state index < -0.39 is 0 Å². The van der Waals surface area contributed by atoms with Gasteiger partial charge in [0.15, 0.2) is 0 Å². The van der Waals surface area contributed by atoms with Crippen molar-refractivity contribution in [2.24, 2.45) is 0 Å². The summed E-state index contributed by atoms with van der Waals surface area (Å²) in [4.78, 5) is 27.8. The van der Waals surface area contributed by atoms with Crippen LogP contribution in [0.5, 0.6) is 0 Å². The number of carbonyl (C=O) groups excluding carboxylic acids is 1. The van der Waals surface area contributed by atoms with Gasteiger partial charge in [-0.1, -0.05) is 29.5 Å². The molecule has 0 radical (unpaired) electrons. The summed E-state index contributed by atoms with van der Waals surface area (Å²) >= 11 is 1.10. The number of amides is 1. The van der Waals surface area contributed by atoms with Crippen LogP contribution in [-0.2, 0) is 11.3 Å². The highest BCUT2D eigenvalue weighted by atomic mass is 32.1. The van der Waals surface area contributed by atoms with Crippen molar-refractivity contribution in [3.8, 4) is 0 Å². The first kappa shape index (κ1) is 13.5. The molecular weight excluding hydrogens is 286 g/mol. The number of carbonyl (C=O) groups is 1. The van der Waals surface area contributed by atoms with Gasteiger partial charge in [0.05, 0.1) is 17.4 Å². The van der Waals surface area contributed by atoms with Gasteiger partial charge in [-0.25, -0.2) is 0 Å². The van der Waals surface area contributed by atoms with E-state index >= 15 is 0 Å². The van der Waals surface area contributed by atoms with Crippen LogP contribution in [0.15, 0.2) is 46.7 Å². The third-order valence-corrected chi connectivity index (χ3v) is 4.03. The Kier molecular flexibility index (Phi) is 3.53. The molecule has 106 valence electrons. The molecule has 5 nitrogen and oxygen atoms in total. The van der Waals surface area contributed by atoms with E-state index in [1.54, 1.807) is 11.6 Å². The maximum Gasteiger partial charge on any atom is 0.307 e. The van der Waals surface area contributed by atoms with E-state index in [0.29, 0.717) is 5.69 Å². The van der Waals surface area contributed by atoms with Crippen LogP contribution in [0.1, 0.15) is 5.69 Å². The summed E-state index contributed by atoms with van der Waals surface area (Å²) in [5.41, 5.74) is 2.29. The molecule has 1 aromatic carbocycles. The average Bonchev–Trinajstić information content (AvgIpc) is 2.79. The summed E-state index contributed by atoms with van der Waals surface area (Å²) in [6, 6.07) is 9.55. The maximum atomic E-state index is 12.0. The van der Waals surface area contributed by atoms with E-state index in [1.165, 1.54) is 4.57 Å². The van der Waals surface area contributed by atoms with Crippen LogP contribution >= 0.6 is 11.3 Å². The van der Waals surface area contributed by atoms with E-state index in [0.717, 1.165) is 27.9 Å². The highest BCUT2D eigenvalue weighted by molar-refractivity contribution is 7.07. The molecule has 0 aliphatic heterocycles. The van der Waals surface area contributed by atoms with Crippen LogP contribution in [0.4, 0.5) is 5.69 Å². The Morgan fingerprint density at radius 1 is 1.38 bits per heavy atom. The molecule has 1 amide bonds. The van der Waals surface area contributed by atoms with Crippen molar-refractivity contribution in [3.63, 3.8) is 0 Å². The van der Waals surface area contributed by atoms with E-state index in [1.807, 2.05) is 37.3 Å². The lowest BCUT2D eigenvalue weighted by atomic mass is 10.2. The van der Waals surface area contributed by atoms with Crippen molar-refractivity contribution in [2.75, 3.05) is 5.32 Å². The second-order valence-corrected chi connectivity index (χ2v) is 5.51. The van der Waals surface area contributed by atoms with Crippen LogP contribution in [0, 0.1) is 6.92 Å². The van der Waals surface area contributed by atoms with Gasteiger partial charge >= 0.3 is 4.87 Å². The molecule has 0 fully saturated rings. The summed E-state index contributed by atoms with van der Waals surface area (Å²) in [6.45, 7) is 1.82. The van der Waals surface area contributed by atoms with Crippen molar-refractivity contribution in [3.05, 3.63) is 57.3 Å². The number of rotatable bonds is 3. The zero-order valence-electron chi connectivity index (χ0n) is 11.4. The minimum Gasteiger partial charge on any atom is -0.323 e. The standard InChI is InChI=1S/C15H13N3O2S/c1-10-9-21-15(20)18(10)8-14(19)17-12-6-11-4-2-3-5-13(11)16-7-12/h2-7,9H,8H2,1H3,(H,17,19). The van der Waals surface area contributed by atoms with Crippen molar-refractivity contribution >= 4 is 33.8 Å². The molecule has 3 aromatic rings. The third kappa shape index (κ3) is 2.85. The lowest BCUT2D eigenvalue weighted by Gasteiger charge is -2.07. The van der Waals surface area contributed by atoms with Crippen molar-refractivity contribution in [1.82, 2.24) is 9.55 Å². The minimum atomic E-state index is -0.240. The monoisotopic (exact) mass is 299 g/mol. The highest BCUT2D eigenvalue weighted by Gasteiger charge is 2.09. The molecule has 0 atom stereocenters. The summed E-state index contributed by atoms with van der Waals surface area (Å²) in [5, 5.41) is 5.47. The number of aromatic nitrogens is 2. The van der Waals surface area contributed by atoms with Gasteiger partial charge < -0.3 is 5.32 Å². The highest BCUT2D eigenvalue weighted by Crippen LogP contribution is 2.16. The Hall–Kier alpha value is -2.47. The summed E-state index contributed by atoms with van der Waals surface area (Å²) in [6.07, 6.45) is 1.61. The molecule has 6 heteroatoms. The number of nitrogens with zero attached hydrogens (tertiary/aromatic N) is 2. The van der Waals surface area contributed by atoms with Crippen LogP contribution in [0.25, 0.3) is 10.9 Å². The molecule has 2 aromatic heterocycles. The Morgan fingerprint density at radius 3 is 2.95 bits per heavy atom. The zero-order chi connectivity index (χ0) is 14.8. The fourth-order valence-corrected chi connectivity index (χ4v) is 2.81. The quantitative estimate of drug-likeness (QED) is 0.807. The summed E-state index contributed by atoms with van der Waals surface area (Å²) in [5.74, 6) is -0.240. The first-order chi connectivity index (χ1) is 10.1. The van der Waals surface area contributed by atoms with Gasteiger partial charge in [0.2, 0.25) is 5.91 Å². The van der Waals surface area contributed by atoms with Gasteiger partial charge in [0.25, 0.3) is 0 Å². The smallest absolute Gasteiger partial charge is 0.307 e. The summed E-state index contributed by atoms with van der Waals surface area (Å²) < 4.78 is 1.45. The van der Waals surface area contributed by atoms with Crippen LogP contribution in [-0.4, -0.2) is 15.5 Å². The van der Waals surface area contributed by atoms with Gasteiger partial charge in [0, 0.05) is 16.5 Å². The minimum absolute atomic E-state index is 0.0149. The first-order valence-corrected chi connectivity index (χ1v) is 7.31. The molecule has 1 N–H and O–H groups in total. The molecule has 2 heterocycles. The van der Waals surface area contributed by atoms with Crippen LogP contribution in [0.2, 0.25) is 0 Å². The van der Waals surface area contributed by atoms with Gasteiger partial charge in [-0.15, -0.1) is 0 Å². The van der Waals surface area contributed by atoms with E-state index in [-0.39, 0.29) is 17.3 Å². The molecule has 0 bridgehead atoms. The number of hydrogen-bond donors (Lipinski definition) is 1. The number of hydrogen-bond acceptors (Lipinski definition) is 4. The Balaban J connectivity index is 1.78. The third-order valence-electron chi connectivity index (χ3n) is 3.15. The van der Waals surface area contributed by atoms with Crippen molar-refractivity contribution in [2.45, 2.75) is 13.5 Å². The maximum absolute atomic E-state index is 12.0. The van der Waals surface area contributed by atoms with E-state index in [9.17, 15) is 9.59 Å². The van der Waals surface area contributed by atoms with E-state index in [4.69, 9.17) is 0 Å². The second-order valence-electron chi connectivity index (χ2n) is 4.69. The second kappa shape index (κ2) is 5.49. The number of anilines is 1. The molecule has 0 aliphatic rings. The molecule has 0 unspecified atom stereocenters. The molecule has 0 saturated carbocycles. The van der Waals surface area contributed by atoms with Crippen molar-refractivity contribution < 1.29 is 4.79 Å². The van der Waals surface area contributed by atoms with Gasteiger partial charge in [-0.3, -0.25) is 19.1 Å². The molecule has 21 heavy (non-hydrogen) atoms. The fourth-order valence-electron chi connectivity index (χ4n) is 2.08. The predicted molar refractivity (Wildman–Crippen MR) is 83.7 cm³/mol.